The maximum atomic E-state index is 12.2. The lowest BCUT2D eigenvalue weighted by Crippen LogP contribution is -2.46. The Morgan fingerprint density at radius 1 is 1.53 bits per heavy atom. The van der Waals surface area contributed by atoms with Crippen molar-refractivity contribution in [1.82, 2.24) is 4.90 Å². The molecule has 3 N–H and O–H groups in total. The normalized spacial score (nSPS) is 24.7. The van der Waals surface area contributed by atoms with Gasteiger partial charge in [-0.15, -0.1) is 0 Å². The summed E-state index contributed by atoms with van der Waals surface area (Å²) in [4.78, 5) is 13.5. The van der Waals surface area contributed by atoms with Crippen LogP contribution in [-0.2, 0) is 14.6 Å². The molecule has 0 aromatic carbocycles. The number of rotatable bonds is 4. The van der Waals surface area contributed by atoms with Crippen molar-refractivity contribution in [3.05, 3.63) is 0 Å². The molecule has 0 aliphatic carbocycles. The number of amidine groups is 1. The van der Waals surface area contributed by atoms with Crippen molar-refractivity contribution in [2.75, 3.05) is 19.3 Å². The van der Waals surface area contributed by atoms with Gasteiger partial charge in [0.1, 0.15) is 11.1 Å². The van der Waals surface area contributed by atoms with E-state index in [1.165, 1.54) is 11.9 Å². The number of carbonyl (C=O) groups is 1. The molecule has 0 aromatic heterocycles. The first-order chi connectivity index (χ1) is 8.79. The van der Waals surface area contributed by atoms with Gasteiger partial charge in [-0.05, 0) is 12.8 Å². The summed E-state index contributed by atoms with van der Waals surface area (Å²) >= 11 is 0. The minimum absolute atomic E-state index is 0.0196. The summed E-state index contributed by atoms with van der Waals surface area (Å²) in [6.07, 6.45) is 1.75. The van der Waals surface area contributed by atoms with Crippen LogP contribution in [0.3, 0.4) is 0 Å². The zero-order chi connectivity index (χ0) is 14.6. The first kappa shape index (κ1) is 15.7. The van der Waals surface area contributed by atoms with Crippen molar-refractivity contribution in [2.45, 2.75) is 31.4 Å². The van der Waals surface area contributed by atoms with Gasteiger partial charge in [0, 0.05) is 19.5 Å². The summed E-state index contributed by atoms with van der Waals surface area (Å²) in [5.74, 6) is -0.638. The molecule has 0 spiro atoms. The topological polar surface area (TPSA) is 113 Å². The highest BCUT2D eigenvalue weighted by atomic mass is 32.2. The van der Waals surface area contributed by atoms with Crippen LogP contribution in [0.4, 0.5) is 0 Å². The molecule has 1 fully saturated rings. The molecular formula is C11H21N3O4S. The fourth-order valence-electron chi connectivity index (χ4n) is 2.17. The third-order valence-electron chi connectivity index (χ3n) is 3.40. The van der Waals surface area contributed by atoms with E-state index in [1.807, 2.05) is 0 Å². The number of carbonyl (C=O) groups excluding carboxylic acids is 1. The Hall–Kier alpha value is -1.31. The Labute approximate surface area is 113 Å². The highest BCUT2D eigenvalue weighted by Crippen LogP contribution is 2.21. The highest BCUT2D eigenvalue weighted by molar-refractivity contribution is 7.92. The SMILES string of the molecule is CC(CN(C)C(=O)C1CCCCS1(=O)=O)C(N)=NO. The van der Waals surface area contributed by atoms with E-state index in [0.29, 0.717) is 12.8 Å². The number of nitrogens with zero attached hydrogens (tertiary/aromatic N) is 2. The molecule has 1 rings (SSSR count). The smallest absolute Gasteiger partial charge is 0.240 e. The number of oxime groups is 1. The van der Waals surface area contributed by atoms with Gasteiger partial charge in [0.2, 0.25) is 5.91 Å². The molecule has 7 nitrogen and oxygen atoms in total. The minimum atomic E-state index is -3.33. The largest absolute Gasteiger partial charge is 0.409 e. The van der Waals surface area contributed by atoms with Crippen LogP contribution in [0.1, 0.15) is 26.2 Å². The average molecular weight is 291 g/mol. The second-order valence-corrected chi connectivity index (χ2v) is 7.30. The molecule has 0 saturated carbocycles. The van der Waals surface area contributed by atoms with Crippen LogP contribution < -0.4 is 5.73 Å². The van der Waals surface area contributed by atoms with E-state index in [4.69, 9.17) is 10.9 Å². The lowest BCUT2D eigenvalue weighted by molar-refractivity contribution is -0.129. The van der Waals surface area contributed by atoms with Crippen molar-refractivity contribution in [2.24, 2.45) is 16.8 Å². The van der Waals surface area contributed by atoms with Gasteiger partial charge in [-0.2, -0.15) is 0 Å². The van der Waals surface area contributed by atoms with Crippen LogP contribution in [0.15, 0.2) is 5.16 Å². The Kier molecular flexibility index (Phi) is 5.16. The molecule has 19 heavy (non-hydrogen) atoms. The Balaban J connectivity index is 2.72. The molecule has 2 atom stereocenters. The van der Waals surface area contributed by atoms with Crippen LogP contribution in [-0.4, -0.2) is 54.9 Å². The van der Waals surface area contributed by atoms with Crippen molar-refractivity contribution in [3.63, 3.8) is 0 Å². The number of amides is 1. The van der Waals surface area contributed by atoms with E-state index in [9.17, 15) is 13.2 Å². The number of nitrogens with two attached hydrogens (primary N) is 1. The highest BCUT2D eigenvalue weighted by Gasteiger charge is 2.36. The van der Waals surface area contributed by atoms with Crippen LogP contribution in [0.5, 0.6) is 0 Å². The first-order valence-electron chi connectivity index (χ1n) is 6.23. The van der Waals surface area contributed by atoms with Crippen LogP contribution in [0.25, 0.3) is 0 Å². The minimum Gasteiger partial charge on any atom is -0.409 e. The monoisotopic (exact) mass is 291 g/mol. The summed E-state index contributed by atoms with van der Waals surface area (Å²) < 4.78 is 23.7. The summed E-state index contributed by atoms with van der Waals surface area (Å²) in [6, 6.07) is 0. The van der Waals surface area contributed by atoms with Gasteiger partial charge in [0.15, 0.2) is 9.84 Å². The Morgan fingerprint density at radius 3 is 2.68 bits per heavy atom. The predicted molar refractivity (Wildman–Crippen MR) is 71.6 cm³/mol. The number of hydrogen-bond acceptors (Lipinski definition) is 5. The Morgan fingerprint density at radius 2 is 2.16 bits per heavy atom. The maximum absolute atomic E-state index is 12.2. The lowest BCUT2D eigenvalue weighted by Gasteiger charge is -2.27. The van der Waals surface area contributed by atoms with Gasteiger partial charge >= 0.3 is 0 Å². The zero-order valence-electron chi connectivity index (χ0n) is 11.2. The molecular weight excluding hydrogens is 270 g/mol. The summed E-state index contributed by atoms with van der Waals surface area (Å²) in [5.41, 5.74) is 5.44. The van der Waals surface area contributed by atoms with Crippen molar-refractivity contribution < 1.29 is 18.4 Å². The molecule has 0 bridgehead atoms. The predicted octanol–water partition coefficient (Wildman–Crippen LogP) is -0.205. The molecule has 1 amide bonds. The second kappa shape index (κ2) is 6.23. The van der Waals surface area contributed by atoms with Crippen molar-refractivity contribution >= 4 is 21.6 Å². The van der Waals surface area contributed by atoms with E-state index in [-0.39, 0.29) is 24.1 Å². The number of hydrogen-bond donors (Lipinski definition) is 2. The summed E-state index contributed by atoms with van der Waals surface area (Å²) in [6.45, 7) is 1.93. The first-order valence-corrected chi connectivity index (χ1v) is 7.95. The fourth-order valence-corrected chi connectivity index (χ4v) is 4.07. The summed E-state index contributed by atoms with van der Waals surface area (Å²) in [7, 11) is -1.80. The van der Waals surface area contributed by atoms with Crippen molar-refractivity contribution in [1.29, 1.82) is 0 Å². The molecule has 1 heterocycles. The maximum Gasteiger partial charge on any atom is 0.240 e. The number of sulfone groups is 1. The van der Waals surface area contributed by atoms with Crippen LogP contribution in [0.2, 0.25) is 0 Å². The Bertz CT molecular complexity index is 461. The van der Waals surface area contributed by atoms with E-state index in [0.717, 1.165) is 6.42 Å². The molecule has 0 radical (unpaired) electrons. The average Bonchev–Trinajstić information content (AvgIpc) is 2.36. The fraction of sp³-hybridized carbons (Fsp3) is 0.818. The van der Waals surface area contributed by atoms with Gasteiger partial charge in [-0.25, -0.2) is 8.42 Å². The summed E-state index contributed by atoms with van der Waals surface area (Å²) in [5, 5.41) is 10.5. The van der Waals surface area contributed by atoms with Gasteiger partial charge in [0.05, 0.1) is 5.75 Å². The standard InChI is InChI=1S/C11H21N3O4S/c1-8(10(12)13-16)7-14(2)11(15)9-5-3-4-6-19(9,17)18/h8-9,16H,3-7H2,1-2H3,(H2,12,13). The van der Waals surface area contributed by atoms with Gasteiger partial charge < -0.3 is 15.8 Å². The lowest BCUT2D eigenvalue weighted by atomic mass is 10.1. The molecule has 8 heteroatoms. The van der Waals surface area contributed by atoms with E-state index < -0.39 is 21.0 Å². The van der Waals surface area contributed by atoms with Crippen LogP contribution >= 0.6 is 0 Å². The third kappa shape index (κ3) is 3.82. The molecule has 1 aliphatic heterocycles. The molecule has 0 aromatic rings. The van der Waals surface area contributed by atoms with E-state index >= 15 is 0 Å². The molecule has 2 unspecified atom stereocenters. The van der Waals surface area contributed by atoms with E-state index in [1.54, 1.807) is 6.92 Å². The molecule has 110 valence electrons. The van der Waals surface area contributed by atoms with Gasteiger partial charge in [-0.1, -0.05) is 18.5 Å². The van der Waals surface area contributed by atoms with Crippen molar-refractivity contribution in [3.8, 4) is 0 Å². The van der Waals surface area contributed by atoms with E-state index in [2.05, 4.69) is 5.16 Å². The van der Waals surface area contributed by atoms with Crippen LogP contribution in [0, 0.1) is 5.92 Å². The van der Waals surface area contributed by atoms with Gasteiger partial charge in [0.25, 0.3) is 0 Å². The third-order valence-corrected chi connectivity index (χ3v) is 5.56. The molecule has 1 aliphatic rings. The van der Waals surface area contributed by atoms with Gasteiger partial charge in [-0.3, -0.25) is 4.79 Å². The second-order valence-electron chi connectivity index (χ2n) is 5.00. The molecule has 1 saturated heterocycles. The quantitative estimate of drug-likeness (QED) is 0.322. The zero-order valence-corrected chi connectivity index (χ0v) is 12.1.